The number of carboxylic acid groups (broad SMARTS) is 1. The normalized spacial score (nSPS) is 16.7. The molecule has 10 rings (SSSR count). The largest absolute Gasteiger partial charge is 0.487 e. The first-order valence-corrected chi connectivity index (χ1v) is 26.4. The SMILES string of the molecule is Cc1c(OCC(F)(F)CC2CCN(CC(=O)Nc3cccc4c(C5CCC(=O)NC5=O)nn(C)c34)CC2)cccc1-c1c(C(C)(C)C)cc(N2CCc3cccc(C(=O)Nc4nc5ccccc5s4)c3C2)nc1C(=O)O. The number of carbonyl (C=O) groups excluding carboxylic acids is 4. The number of aromatic carboxylic acids is 1. The predicted octanol–water partition coefficient (Wildman–Crippen LogP) is 9.64. The summed E-state index contributed by atoms with van der Waals surface area (Å²) in [6, 6.07) is 25.6. The number of halogens is 2. The molecule has 4 amide bonds. The molecule has 16 nitrogen and oxygen atoms in total. The van der Waals surface area contributed by atoms with Gasteiger partial charge in [-0.3, -0.25) is 39.4 Å². The Bertz CT molecular complexity index is 3420. The Morgan fingerprint density at radius 3 is 2.42 bits per heavy atom. The standard InChI is InChI=1S/C57H59F2N9O7S/c1-32-35(48-40(56(2,3)4)27-45(62-50(48)54(73)74)68-26-23-34-11-8-13-36(39(34)29-68)52(71)64-55-61-41-15-6-7-18-44(41)76-55)12-10-17-43(32)75-31-57(58,59)28-33-21-24-67(25-22-33)30-47(70)60-42-16-9-14-37-49(65-66(5)51(37)42)38-19-20-46(69)63-53(38)72/h6-18,27,33,38H,19-26,28-31H2,1-5H3,(H,60,70)(H,73,74)(H,61,64,71)(H,63,69,72). The lowest BCUT2D eigenvalue weighted by Crippen LogP contribution is -2.41. The van der Waals surface area contributed by atoms with Crippen LogP contribution in [0.1, 0.15) is 108 Å². The minimum atomic E-state index is -3.18. The third-order valence-corrected chi connectivity index (χ3v) is 15.7. The second-order valence-corrected chi connectivity index (χ2v) is 22.2. The number of carbonyl (C=O) groups is 5. The van der Waals surface area contributed by atoms with Gasteiger partial charge in [-0.2, -0.15) is 5.10 Å². The fourth-order valence-electron chi connectivity index (χ4n) is 10.9. The number of aromatic nitrogens is 4. The average Bonchev–Trinajstić information content (AvgIpc) is 3.96. The number of nitrogens with one attached hydrogen (secondary N) is 3. The fourth-order valence-corrected chi connectivity index (χ4v) is 11.8. The second kappa shape index (κ2) is 20.8. The minimum Gasteiger partial charge on any atom is -0.487 e. The van der Waals surface area contributed by atoms with Crippen LogP contribution in [0.3, 0.4) is 0 Å². The first-order chi connectivity index (χ1) is 36.3. The van der Waals surface area contributed by atoms with Crippen LogP contribution < -0.4 is 25.6 Å². The van der Waals surface area contributed by atoms with Crippen molar-refractivity contribution in [2.24, 2.45) is 13.0 Å². The summed E-state index contributed by atoms with van der Waals surface area (Å²) in [5, 5.41) is 25.0. The van der Waals surface area contributed by atoms with Gasteiger partial charge < -0.3 is 20.1 Å². The van der Waals surface area contributed by atoms with Gasteiger partial charge in [0.15, 0.2) is 17.4 Å². The number of imide groups is 1. The van der Waals surface area contributed by atoms with Gasteiger partial charge in [0.2, 0.25) is 17.7 Å². The number of likely N-dealkylation sites (tertiary alicyclic amines) is 1. The van der Waals surface area contributed by atoms with Crippen molar-refractivity contribution in [2.45, 2.75) is 90.0 Å². The first kappa shape index (κ1) is 51.8. The molecule has 19 heteroatoms. The lowest BCUT2D eigenvalue weighted by molar-refractivity contribution is -0.134. The number of para-hydroxylation sites is 2. The van der Waals surface area contributed by atoms with E-state index in [1.54, 1.807) is 55.1 Å². The molecule has 394 valence electrons. The van der Waals surface area contributed by atoms with Gasteiger partial charge in [-0.15, -0.1) is 0 Å². The number of aryl methyl sites for hydroxylation is 1. The van der Waals surface area contributed by atoms with Crippen molar-refractivity contribution in [2.75, 3.05) is 48.3 Å². The summed E-state index contributed by atoms with van der Waals surface area (Å²) < 4.78 is 40.2. The zero-order valence-corrected chi connectivity index (χ0v) is 43.8. The summed E-state index contributed by atoms with van der Waals surface area (Å²) in [6.07, 6.45) is 1.69. The van der Waals surface area contributed by atoms with Gasteiger partial charge in [0.05, 0.1) is 39.6 Å². The number of amides is 4. The van der Waals surface area contributed by atoms with E-state index >= 15 is 8.78 Å². The van der Waals surface area contributed by atoms with Crippen LogP contribution in [0, 0.1) is 12.8 Å². The highest BCUT2D eigenvalue weighted by Crippen LogP contribution is 2.42. The number of anilines is 3. The van der Waals surface area contributed by atoms with E-state index in [1.165, 1.54) is 11.3 Å². The quantitative estimate of drug-likeness (QED) is 0.0753. The van der Waals surface area contributed by atoms with Crippen LogP contribution in [0.5, 0.6) is 5.75 Å². The van der Waals surface area contributed by atoms with Gasteiger partial charge >= 0.3 is 5.97 Å². The van der Waals surface area contributed by atoms with E-state index in [1.807, 2.05) is 79.1 Å². The number of nitrogens with zero attached hydrogens (tertiary/aromatic N) is 6. The van der Waals surface area contributed by atoms with Gasteiger partial charge in [-0.25, -0.2) is 23.5 Å². The van der Waals surface area contributed by atoms with Crippen molar-refractivity contribution in [3.8, 4) is 16.9 Å². The van der Waals surface area contributed by atoms with E-state index in [9.17, 15) is 29.1 Å². The molecule has 0 aliphatic carbocycles. The molecule has 2 fully saturated rings. The monoisotopic (exact) mass is 1050 g/mol. The van der Waals surface area contributed by atoms with Crippen LogP contribution in [0.4, 0.5) is 25.4 Å². The Kier molecular flexibility index (Phi) is 14.2. The number of benzene rings is 4. The molecule has 2 saturated heterocycles. The zero-order chi connectivity index (χ0) is 53.6. The number of fused-ring (bicyclic) bond motifs is 3. The number of ether oxygens (including phenoxy) is 1. The van der Waals surface area contributed by atoms with Crippen molar-refractivity contribution in [1.29, 1.82) is 0 Å². The van der Waals surface area contributed by atoms with Crippen LogP contribution in [-0.2, 0) is 39.8 Å². The maximum absolute atomic E-state index is 15.9. The average molecular weight is 1050 g/mol. The smallest absolute Gasteiger partial charge is 0.355 e. The van der Waals surface area contributed by atoms with E-state index in [4.69, 9.17) is 9.72 Å². The highest BCUT2D eigenvalue weighted by Gasteiger charge is 2.37. The van der Waals surface area contributed by atoms with Crippen LogP contribution in [0.25, 0.3) is 32.2 Å². The highest BCUT2D eigenvalue weighted by atomic mass is 32.1. The van der Waals surface area contributed by atoms with Gasteiger partial charge in [0.25, 0.3) is 11.8 Å². The summed E-state index contributed by atoms with van der Waals surface area (Å²) in [5.74, 6) is -5.95. The lowest BCUT2D eigenvalue weighted by Gasteiger charge is -2.33. The molecule has 0 saturated carbocycles. The number of hydrogen-bond donors (Lipinski definition) is 4. The van der Waals surface area contributed by atoms with Crippen molar-refractivity contribution < 1.29 is 42.6 Å². The van der Waals surface area contributed by atoms with Crippen LogP contribution >= 0.6 is 11.3 Å². The Morgan fingerprint density at radius 2 is 1.67 bits per heavy atom. The van der Waals surface area contributed by atoms with Gasteiger partial charge in [0.1, 0.15) is 11.6 Å². The molecule has 3 aliphatic heterocycles. The zero-order valence-electron chi connectivity index (χ0n) is 43.0. The molecule has 76 heavy (non-hydrogen) atoms. The van der Waals surface area contributed by atoms with Crippen LogP contribution in [0.2, 0.25) is 0 Å². The molecule has 4 aromatic carbocycles. The number of carboxylic acids is 1. The molecular formula is C57H59F2N9O7S. The predicted molar refractivity (Wildman–Crippen MR) is 288 cm³/mol. The van der Waals surface area contributed by atoms with Crippen molar-refractivity contribution in [3.63, 3.8) is 0 Å². The molecule has 1 unspecified atom stereocenters. The fraction of sp³-hybridized carbons (Fsp3) is 0.368. The molecular weight excluding hydrogens is 993 g/mol. The van der Waals surface area contributed by atoms with E-state index in [0.29, 0.717) is 113 Å². The van der Waals surface area contributed by atoms with Crippen LogP contribution in [0.15, 0.2) is 84.9 Å². The molecule has 4 N–H and O–H groups in total. The maximum atomic E-state index is 15.9. The molecule has 0 bridgehead atoms. The number of thiazole rings is 1. The van der Waals surface area contributed by atoms with Crippen molar-refractivity contribution in [3.05, 3.63) is 124 Å². The summed E-state index contributed by atoms with van der Waals surface area (Å²) in [7, 11) is 1.73. The number of hydrogen-bond acceptors (Lipinski definition) is 12. The molecule has 3 aromatic heterocycles. The topological polar surface area (TPSA) is 201 Å². The maximum Gasteiger partial charge on any atom is 0.355 e. The Labute approximate surface area is 441 Å². The van der Waals surface area contributed by atoms with Gasteiger partial charge in [-0.1, -0.05) is 80.6 Å². The third kappa shape index (κ3) is 10.8. The summed E-state index contributed by atoms with van der Waals surface area (Å²) in [4.78, 5) is 78.2. The summed E-state index contributed by atoms with van der Waals surface area (Å²) >= 11 is 1.40. The Balaban J connectivity index is 0.786. The van der Waals surface area contributed by atoms with E-state index in [0.717, 1.165) is 21.3 Å². The van der Waals surface area contributed by atoms with Crippen molar-refractivity contribution >= 4 is 78.7 Å². The van der Waals surface area contributed by atoms with E-state index < -0.39 is 42.2 Å². The van der Waals surface area contributed by atoms with Gasteiger partial charge in [0, 0.05) is 49.5 Å². The lowest BCUT2D eigenvalue weighted by atomic mass is 9.80. The van der Waals surface area contributed by atoms with Crippen LogP contribution in [-0.4, -0.2) is 98.1 Å². The third-order valence-electron chi connectivity index (χ3n) is 14.8. The number of rotatable bonds is 14. The van der Waals surface area contributed by atoms with E-state index in [2.05, 4.69) is 26.0 Å². The molecule has 0 spiro atoms. The Hall–Kier alpha value is -7.64. The first-order valence-electron chi connectivity index (χ1n) is 25.5. The van der Waals surface area contributed by atoms with E-state index in [-0.39, 0.29) is 48.0 Å². The number of alkyl halides is 2. The molecule has 3 aliphatic rings. The van der Waals surface area contributed by atoms with Crippen molar-refractivity contribution in [1.82, 2.24) is 30.0 Å². The second-order valence-electron chi connectivity index (χ2n) is 21.1. The Morgan fingerprint density at radius 1 is 0.908 bits per heavy atom. The number of pyridine rings is 1. The molecule has 0 radical (unpaired) electrons. The minimum absolute atomic E-state index is 0.0651. The highest BCUT2D eigenvalue weighted by molar-refractivity contribution is 7.22. The molecule has 6 heterocycles. The molecule has 1 atom stereocenters. The number of piperidine rings is 2. The summed E-state index contributed by atoms with van der Waals surface area (Å²) in [5.41, 5.74) is 6.14. The molecule has 7 aromatic rings. The summed E-state index contributed by atoms with van der Waals surface area (Å²) in [6.45, 7) is 8.63. The van der Waals surface area contributed by atoms with Gasteiger partial charge in [-0.05, 0) is 121 Å².